The summed E-state index contributed by atoms with van der Waals surface area (Å²) in [5.74, 6) is 0.458. The highest BCUT2D eigenvalue weighted by atomic mass is 35.5. The summed E-state index contributed by atoms with van der Waals surface area (Å²) in [5, 5.41) is -0.699. The van der Waals surface area contributed by atoms with Gasteiger partial charge in [-0.2, -0.15) is 69.4 Å². The molecule has 12 heterocycles. The Morgan fingerprint density at radius 3 is 1.16 bits per heavy atom. The number of nitrogens with zero attached hydrogens (tertiary/aromatic N) is 22. The van der Waals surface area contributed by atoms with Crippen LogP contribution in [0.2, 0.25) is 10.0 Å². The van der Waals surface area contributed by atoms with Gasteiger partial charge in [-0.05, 0) is 154 Å². The predicted octanol–water partition coefficient (Wildman–Crippen LogP) is 12.6. The quantitative estimate of drug-likeness (QED) is 0.0331. The minimum absolute atomic E-state index is 0.00420. The number of alkyl halides is 9. The number of aromatic nitrogens is 6. The predicted molar refractivity (Wildman–Crippen MR) is 478 cm³/mol. The second kappa shape index (κ2) is 42.6. The summed E-state index contributed by atoms with van der Waals surface area (Å²) in [6.45, 7) is 41.5. The van der Waals surface area contributed by atoms with E-state index < -0.39 is 41.0 Å². The first-order valence-electron chi connectivity index (χ1n) is 43.8. The van der Waals surface area contributed by atoms with E-state index >= 15 is 0 Å². The van der Waals surface area contributed by atoms with Crippen LogP contribution in [0.3, 0.4) is 0 Å². The molecule has 9 aliphatic heterocycles. The van der Waals surface area contributed by atoms with Crippen LogP contribution in [0, 0.1) is 31.5 Å². The standard InChI is InChI=1S/C32H40ClF3N8O2.C30H35F4N7O2.C29H33ClF3N7O2/c1-37-18-23-19-43(16-17-44(23)28(45)11-7-13-40(2)3)30-24-12-15-42(27-10-5-9-25(33)29(27)32(34,35)36)20-26(24)38-31(39-30)46-21-22-8-6-14-41(22)4;1-5-26(42)41-12-11-40(16-21(41)14-35-3)28-22-9-10-39(25-8-6-7-23(31)27(25)30(32,33)34)17-24(22)36-29(37-28)43-18-20-13-19(2)15-38(20)4;1-4-25(41)40-14-13-39(16-20(40)15-34-2)27-21-10-12-38(24-9-5-8-22(30)26(24)29(31,32)33)17-23(21)35-28(36-27)42-18-19-7-6-11-37(19)3/h5,7,9-11,22-23H,6,8,12-21H2,2-4H3;5-8,19-21H,1,9-18H2,2,4H3;4-5,8-9,19-20H,1,6-7,10-18H2,3H3/b11-7+;;/t22-,23-;19-,20+,21+;19-,20-/m010/s1. The van der Waals surface area contributed by atoms with E-state index in [0.717, 1.165) is 74.5 Å². The average Bonchev–Trinajstić information content (AvgIpc) is 0.941. The molecule has 0 aliphatic carbocycles. The van der Waals surface area contributed by atoms with Crippen LogP contribution in [0.15, 0.2) is 92.1 Å². The van der Waals surface area contributed by atoms with Gasteiger partial charge in [0, 0.05) is 133 Å². The third-order valence-corrected chi connectivity index (χ3v) is 26.2. The monoisotopic (exact) mass is 1860 g/mol. The summed E-state index contributed by atoms with van der Waals surface area (Å²) in [6.07, 6.45) is -2.01. The first-order valence-corrected chi connectivity index (χ1v) is 44.5. The topological polar surface area (TPSA) is 211 Å². The van der Waals surface area contributed by atoms with Crippen molar-refractivity contribution in [1.29, 1.82) is 0 Å². The zero-order valence-electron chi connectivity index (χ0n) is 74.1. The number of fused-ring (bicyclic) bond motifs is 3. The van der Waals surface area contributed by atoms with Gasteiger partial charge in [-0.1, -0.05) is 67.6 Å². The van der Waals surface area contributed by atoms with Gasteiger partial charge in [0.2, 0.25) is 37.4 Å². The molecule has 9 aliphatic rings. The maximum Gasteiger partial charge on any atom is 0.421 e. The molecule has 0 N–H and O–H groups in total. The molecular weight excluding hydrogens is 1760 g/mol. The highest BCUT2D eigenvalue weighted by Gasteiger charge is 2.46. The number of rotatable bonds is 23. The van der Waals surface area contributed by atoms with Crippen LogP contribution in [0.1, 0.15) is 89.5 Å². The molecule has 702 valence electrons. The molecule has 0 spiro atoms. The fraction of sp³-hybridized carbons (Fsp3) is 0.538. The van der Waals surface area contributed by atoms with Crippen molar-refractivity contribution in [3.63, 3.8) is 0 Å². The molecule has 0 unspecified atom stereocenters. The molecule has 15 rings (SSSR count). The van der Waals surface area contributed by atoms with Crippen molar-refractivity contribution in [2.75, 3.05) is 209 Å². The molecule has 3 aromatic heterocycles. The van der Waals surface area contributed by atoms with Crippen molar-refractivity contribution < 1.29 is 72.5 Å². The maximum absolute atomic E-state index is 14.4. The third kappa shape index (κ3) is 23.2. The Kier molecular flexibility index (Phi) is 31.7. The van der Waals surface area contributed by atoms with E-state index in [4.69, 9.17) is 82.0 Å². The van der Waals surface area contributed by atoms with Crippen molar-refractivity contribution in [1.82, 2.24) is 64.2 Å². The number of hydrogen-bond donors (Lipinski definition) is 0. The van der Waals surface area contributed by atoms with Gasteiger partial charge in [-0.15, -0.1) is 0 Å². The van der Waals surface area contributed by atoms with Crippen LogP contribution >= 0.6 is 23.2 Å². The van der Waals surface area contributed by atoms with Crippen LogP contribution in [0.5, 0.6) is 18.0 Å². The molecule has 6 aromatic rings. The first kappa shape index (κ1) is 97.4. The maximum atomic E-state index is 14.4. The lowest BCUT2D eigenvalue weighted by Crippen LogP contribution is -2.56. The Morgan fingerprint density at radius 2 is 0.832 bits per heavy atom. The number of likely N-dealkylation sites (tertiary alicyclic amines) is 3. The van der Waals surface area contributed by atoms with Crippen molar-refractivity contribution >= 4 is 75.4 Å². The number of anilines is 6. The molecule has 0 bridgehead atoms. The summed E-state index contributed by atoms with van der Waals surface area (Å²) in [4.78, 5) is 102. The normalized spacial score (nSPS) is 21.6. The van der Waals surface area contributed by atoms with E-state index in [1.54, 1.807) is 30.6 Å². The molecule has 28 nitrogen and oxygen atoms in total. The molecule has 6 saturated heterocycles. The number of carbonyl (C=O) groups is 3. The zero-order chi connectivity index (χ0) is 93.9. The van der Waals surface area contributed by atoms with Gasteiger partial charge in [-0.3, -0.25) is 19.3 Å². The van der Waals surface area contributed by atoms with Gasteiger partial charge in [0.25, 0.3) is 0 Å². The lowest BCUT2D eigenvalue weighted by atomic mass is 10.0. The van der Waals surface area contributed by atoms with Crippen molar-refractivity contribution in [2.45, 2.75) is 133 Å². The number of halogens is 12. The molecule has 3 amide bonds. The molecular formula is C91H108Cl2F10N22O6. The number of benzene rings is 3. The number of hydrogen-bond acceptors (Lipinski definition) is 22. The van der Waals surface area contributed by atoms with E-state index in [9.17, 15) is 58.3 Å². The molecule has 40 heteroatoms. The summed E-state index contributed by atoms with van der Waals surface area (Å²) < 4.78 is 159. The number of carbonyl (C=O) groups excluding carboxylic acids is 3. The summed E-state index contributed by atoms with van der Waals surface area (Å²) in [5.41, 5.74) is 0.856. The van der Waals surface area contributed by atoms with Gasteiger partial charge in [-0.25, -0.2) is 24.1 Å². The van der Waals surface area contributed by atoms with Crippen LogP contribution in [-0.2, 0) is 71.8 Å². The van der Waals surface area contributed by atoms with Gasteiger partial charge < -0.3 is 87.5 Å². The van der Waals surface area contributed by atoms with Crippen molar-refractivity contribution in [3.05, 3.63) is 193 Å². The lowest BCUT2D eigenvalue weighted by molar-refractivity contribution is -0.140. The number of ether oxygens (including phenoxy) is 3. The molecule has 7 atom stereocenters. The minimum Gasteiger partial charge on any atom is -0.462 e. The van der Waals surface area contributed by atoms with Gasteiger partial charge in [0.1, 0.15) is 66.8 Å². The highest BCUT2D eigenvalue weighted by Crippen LogP contribution is 2.47. The molecule has 6 fully saturated rings. The smallest absolute Gasteiger partial charge is 0.421 e. The SMILES string of the molecule is [C-]#[N+]C[C@H]1CN(c2nc(OC[C@@H]3CCCN3C)nc3c2CCN(c2cccc(Cl)c2C(F)(F)F)C3)CCN1C(=O)/C=C/CN(C)C.[C-]#[N+]C[C@H]1CN(c2nc(OC[C@@H]3CCCN3C)nc3c2CCN(c2cccc(Cl)c2C(F)(F)F)C3)CCN1C(=O)C=C.[C-]#[N+]C[C@H]1CN(c2nc(OC[C@@H]3C[C@@H](C)CN3C)nc3c2CCN(c2cccc(F)c2C(F)(F)F)C3)CCN1C(=O)C=C. The Bertz CT molecular complexity index is 5290. The van der Waals surface area contributed by atoms with Gasteiger partial charge in [0.15, 0.2) is 0 Å². The first-order chi connectivity index (χ1) is 62.5. The Hall–Kier alpha value is -11.1. The Labute approximate surface area is 766 Å². The van der Waals surface area contributed by atoms with Gasteiger partial charge >= 0.3 is 36.6 Å². The number of likely N-dealkylation sites (N-methyl/N-ethyl adjacent to an activating group) is 4. The molecule has 3 aromatic carbocycles. The molecule has 131 heavy (non-hydrogen) atoms. The summed E-state index contributed by atoms with van der Waals surface area (Å²) >= 11 is 12.1. The van der Waals surface area contributed by atoms with E-state index in [1.165, 1.54) is 65.6 Å². The van der Waals surface area contributed by atoms with E-state index in [0.29, 0.717) is 158 Å². The minimum atomic E-state index is -4.86. The second-order valence-electron chi connectivity index (χ2n) is 34.6. The van der Waals surface area contributed by atoms with E-state index in [-0.39, 0.29) is 145 Å². The van der Waals surface area contributed by atoms with Crippen LogP contribution in [0.4, 0.5) is 78.4 Å². The second-order valence-corrected chi connectivity index (χ2v) is 35.4. The summed E-state index contributed by atoms with van der Waals surface area (Å²) in [7, 11) is 9.97. The van der Waals surface area contributed by atoms with Crippen molar-refractivity contribution in [3.8, 4) is 18.0 Å². The van der Waals surface area contributed by atoms with Crippen LogP contribution < -0.4 is 43.6 Å². The summed E-state index contributed by atoms with van der Waals surface area (Å²) in [6, 6.07) is 11.7. The van der Waals surface area contributed by atoms with Crippen molar-refractivity contribution in [2.24, 2.45) is 5.92 Å². The fourth-order valence-corrected chi connectivity index (χ4v) is 19.4. The number of piperazine rings is 3. The molecule has 0 saturated carbocycles. The average molecular weight is 1870 g/mol. The zero-order valence-corrected chi connectivity index (χ0v) is 75.6. The number of amides is 3. The largest absolute Gasteiger partial charge is 0.462 e. The van der Waals surface area contributed by atoms with E-state index in [2.05, 4.69) is 66.2 Å². The Balaban J connectivity index is 0.000000167. The molecule has 0 radical (unpaired) electrons. The van der Waals surface area contributed by atoms with E-state index in [1.807, 2.05) is 49.0 Å². The fourth-order valence-electron chi connectivity index (χ4n) is 18.9. The van der Waals surface area contributed by atoms with Crippen LogP contribution in [0.25, 0.3) is 14.5 Å². The lowest BCUT2D eigenvalue weighted by Gasteiger charge is -2.41. The van der Waals surface area contributed by atoms with Crippen LogP contribution in [-0.4, -0.2) is 298 Å². The third-order valence-electron chi connectivity index (χ3n) is 25.6. The highest BCUT2D eigenvalue weighted by molar-refractivity contribution is 6.32. The Morgan fingerprint density at radius 1 is 0.473 bits per heavy atom. The van der Waals surface area contributed by atoms with Gasteiger partial charge in [0.05, 0.1) is 75.0 Å².